The van der Waals surface area contributed by atoms with Gasteiger partial charge in [0.15, 0.2) is 5.60 Å². The molecule has 1 saturated heterocycles. The summed E-state index contributed by atoms with van der Waals surface area (Å²) in [6.45, 7) is 1.71. The Hall–Kier alpha value is -1.68. The molecule has 4 heteroatoms. The maximum Gasteiger partial charge on any atom is 0.210 e. The van der Waals surface area contributed by atoms with Gasteiger partial charge in [-0.3, -0.25) is 4.79 Å². The minimum absolute atomic E-state index is 0.0345. The smallest absolute Gasteiger partial charge is 0.210 e. The van der Waals surface area contributed by atoms with Crippen LogP contribution in [0, 0.1) is 5.82 Å². The van der Waals surface area contributed by atoms with E-state index in [0.29, 0.717) is 18.4 Å². The lowest BCUT2D eigenvalue weighted by Crippen LogP contribution is -2.47. The first-order valence-electron chi connectivity index (χ1n) is 6.48. The molecule has 2 aliphatic heterocycles. The largest absolute Gasteiger partial charge is 0.486 e. The van der Waals surface area contributed by atoms with Crippen molar-refractivity contribution in [3.8, 4) is 0 Å². The monoisotopic (exact) mass is 261 g/mol. The first-order chi connectivity index (χ1) is 9.11. The molecule has 0 amide bonds. The molecular weight excluding hydrogens is 245 g/mol. The number of likely N-dealkylation sites (tertiary alicyclic amines) is 1. The van der Waals surface area contributed by atoms with E-state index in [1.165, 1.54) is 12.1 Å². The van der Waals surface area contributed by atoms with Crippen LogP contribution in [0.5, 0.6) is 0 Å². The number of hydrogen-bond acceptors (Lipinski definition) is 3. The summed E-state index contributed by atoms with van der Waals surface area (Å²) in [7, 11) is 2.04. The zero-order valence-electron chi connectivity index (χ0n) is 10.9. The lowest BCUT2D eigenvalue weighted by molar-refractivity contribution is -0.132. The van der Waals surface area contributed by atoms with Crippen LogP contribution < -0.4 is 0 Å². The van der Waals surface area contributed by atoms with E-state index in [4.69, 9.17) is 4.74 Å². The zero-order chi connectivity index (χ0) is 13.5. The van der Waals surface area contributed by atoms with Gasteiger partial charge in [-0.15, -0.1) is 0 Å². The van der Waals surface area contributed by atoms with Crippen molar-refractivity contribution in [2.24, 2.45) is 0 Å². The Balaban J connectivity index is 1.83. The highest BCUT2D eigenvalue weighted by Crippen LogP contribution is 2.38. The van der Waals surface area contributed by atoms with E-state index in [1.54, 1.807) is 18.4 Å². The van der Waals surface area contributed by atoms with Crippen LogP contribution in [0.2, 0.25) is 0 Å². The van der Waals surface area contributed by atoms with Gasteiger partial charge < -0.3 is 9.64 Å². The topological polar surface area (TPSA) is 29.5 Å². The maximum atomic E-state index is 12.9. The number of Topliss-reactive ketones (excluding diaryl/α,β-unsaturated/α-hetero) is 1. The summed E-state index contributed by atoms with van der Waals surface area (Å²) in [6, 6.07) is 5.97. The first-order valence-corrected chi connectivity index (χ1v) is 6.48. The van der Waals surface area contributed by atoms with Crippen molar-refractivity contribution in [3.63, 3.8) is 0 Å². The van der Waals surface area contributed by atoms with Crippen LogP contribution in [0.1, 0.15) is 18.4 Å². The quantitative estimate of drug-likeness (QED) is 0.776. The molecule has 0 unspecified atom stereocenters. The number of carbonyl (C=O) groups is 1. The molecule has 0 N–H and O–H groups in total. The summed E-state index contributed by atoms with van der Waals surface area (Å²) in [5, 5.41) is 0. The van der Waals surface area contributed by atoms with E-state index in [9.17, 15) is 9.18 Å². The second kappa shape index (κ2) is 4.46. The van der Waals surface area contributed by atoms with Gasteiger partial charge in [0.25, 0.3) is 0 Å². The first kappa shape index (κ1) is 12.4. The summed E-state index contributed by atoms with van der Waals surface area (Å²) >= 11 is 0. The van der Waals surface area contributed by atoms with Gasteiger partial charge in [-0.05, 0) is 24.7 Å². The molecule has 100 valence electrons. The van der Waals surface area contributed by atoms with Crippen molar-refractivity contribution in [2.75, 3.05) is 20.1 Å². The normalized spacial score (nSPS) is 22.4. The highest BCUT2D eigenvalue weighted by molar-refractivity contribution is 6.26. The third kappa shape index (κ3) is 2.06. The van der Waals surface area contributed by atoms with Crippen LogP contribution in [0.3, 0.4) is 0 Å². The predicted octanol–water partition coefficient (Wildman–Crippen LogP) is 2.23. The lowest BCUT2D eigenvalue weighted by atomic mass is 9.84. The zero-order valence-corrected chi connectivity index (χ0v) is 10.9. The third-order valence-corrected chi connectivity index (χ3v) is 4.01. The van der Waals surface area contributed by atoms with Crippen molar-refractivity contribution in [1.29, 1.82) is 0 Å². The van der Waals surface area contributed by atoms with Crippen LogP contribution >= 0.6 is 0 Å². The molecule has 0 radical (unpaired) electrons. The van der Waals surface area contributed by atoms with E-state index < -0.39 is 5.60 Å². The Morgan fingerprint density at radius 3 is 2.47 bits per heavy atom. The molecule has 1 fully saturated rings. The van der Waals surface area contributed by atoms with Crippen molar-refractivity contribution in [2.45, 2.75) is 18.4 Å². The fourth-order valence-corrected chi connectivity index (χ4v) is 2.68. The summed E-state index contributed by atoms with van der Waals surface area (Å²) in [4.78, 5) is 14.8. The maximum absolute atomic E-state index is 12.9. The summed E-state index contributed by atoms with van der Waals surface area (Å²) in [5.74, 6) is -0.267. The summed E-state index contributed by atoms with van der Waals surface area (Å²) in [6.07, 6.45) is 2.97. The van der Waals surface area contributed by atoms with E-state index in [2.05, 4.69) is 4.90 Å². The number of carbonyl (C=O) groups excluding carboxylic acids is 1. The van der Waals surface area contributed by atoms with Gasteiger partial charge in [0.2, 0.25) is 5.78 Å². The van der Waals surface area contributed by atoms with E-state index in [1.807, 2.05) is 7.05 Å². The molecule has 0 bridgehead atoms. The van der Waals surface area contributed by atoms with E-state index in [0.717, 1.165) is 18.7 Å². The fourth-order valence-electron chi connectivity index (χ4n) is 2.68. The number of piperidine rings is 1. The average Bonchev–Trinajstić information content (AvgIpc) is 2.73. The Bertz CT molecular complexity index is 528. The number of ether oxygens (including phenoxy) is 1. The minimum atomic E-state index is -0.684. The van der Waals surface area contributed by atoms with Crippen molar-refractivity contribution in [1.82, 2.24) is 4.90 Å². The molecule has 1 spiro atoms. The number of hydrogen-bond donors (Lipinski definition) is 0. The minimum Gasteiger partial charge on any atom is -0.486 e. The van der Waals surface area contributed by atoms with E-state index in [-0.39, 0.29) is 11.6 Å². The summed E-state index contributed by atoms with van der Waals surface area (Å²) in [5.41, 5.74) is 0.600. The Morgan fingerprint density at radius 1 is 1.21 bits per heavy atom. The molecule has 0 aromatic heterocycles. The van der Waals surface area contributed by atoms with Gasteiger partial charge in [0.05, 0.1) is 11.8 Å². The predicted molar refractivity (Wildman–Crippen MR) is 69.9 cm³/mol. The van der Waals surface area contributed by atoms with Gasteiger partial charge >= 0.3 is 0 Å². The van der Waals surface area contributed by atoms with Crippen LogP contribution in [0.15, 0.2) is 30.5 Å². The Labute approximate surface area is 111 Å². The van der Waals surface area contributed by atoms with Gasteiger partial charge in [0, 0.05) is 25.9 Å². The molecule has 3 rings (SSSR count). The molecule has 19 heavy (non-hydrogen) atoms. The molecule has 0 aliphatic carbocycles. The van der Waals surface area contributed by atoms with Gasteiger partial charge in [0.1, 0.15) is 5.82 Å². The SMILES string of the molecule is CN1CCC2(CC1)OC=C(c1ccc(F)cc1)C2=O. The number of halogens is 1. The number of nitrogens with zero attached hydrogens (tertiary/aromatic N) is 1. The lowest BCUT2D eigenvalue weighted by Gasteiger charge is -2.35. The van der Waals surface area contributed by atoms with Crippen LogP contribution in [0.25, 0.3) is 5.57 Å². The van der Waals surface area contributed by atoms with Gasteiger partial charge in [-0.2, -0.15) is 0 Å². The van der Waals surface area contributed by atoms with Crippen molar-refractivity contribution >= 4 is 11.4 Å². The molecule has 2 aliphatic rings. The van der Waals surface area contributed by atoms with Crippen LogP contribution in [0.4, 0.5) is 4.39 Å². The van der Waals surface area contributed by atoms with Gasteiger partial charge in [-0.1, -0.05) is 12.1 Å². The van der Waals surface area contributed by atoms with Crippen LogP contribution in [-0.2, 0) is 9.53 Å². The third-order valence-electron chi connectivity index (χ3n) is 4.01. The molecule has 0 atom stereocenters. The highest BCUT2D eigenvalue weighted by Gasteiger charge is 2.47. The Kier molecular flexibility index (Phi) is 2.90. The average molecular weight is 261 g/mol. The molecule has 1 aromatic carbocycles. The van der Waals surface area contributed by atoms with Crippen molar-refractivity contribution < 1.29 is 13.9 Å². The molecule has 1 aromatic rings. The number of rotatable bonds is 1. The van der Waals surface area contributed by atoms with Gasteiger partial charge in [-0.25, -0.2) is 4.39 Å². The number of ketones is 1. The Morgan fingerprint density at radius 2 is 1.84 bits per heavy atom. The van der Waals surface area contributed by atoms with Crippen molar-refractivity contribution in [3.05, 3.63) is 41.9 Å². The summed E-state index contributed by atoms with van der Waals surface area (Å²) < 4.78 is 18.6. The molecule has 0 saturated carbocycles. The second-order valence-electron chi connectivity index (χ2n) is 5.28. The number of benzene rings is 1. The standard InChI is InChI=1S/C15H16FNO2/c1-17-8-6-15(7-9-17)14(18)13(10-19-15)11-2-4-12(16)5-3-11/h2-5,10H,6-9H2,1H3. The fraction of sp³-hybridized carbons (Fsp3) is 0.400. The molecule has 3 nitrogen and oxygen atoms in total. The van der Waals surface area contributed by atoms with E-state index >= 15 is 0 Å². The van der Waals surface area contributed by atoms with Crippen LogP contribution in [-0.4, -0.2) is 36.4 Å². The highest BCUT2D eigenvalue weighted by atomic mass is 19.1. The molecular formula is C15H16FNO2. The second-order valence-corrected chi connectivity index (χ2v) is 5.28. The molecule has 2 heterocycles.